The second-order valence-corrected chi connectivity index (χ2v) is 6.98. The monoisotopic (exact) mass is 362 g/mol. The van der Waals surface area contributed by atoms with Gasteiger partial charge in [0.25, 0.3) is 0 Å². The Morgan fingerprint density at radius 1 is 0.962 bits per heavy atom. The zero-order valence-corrected chi connectivity index (χ0v) is 16.0. The molecule has 0 aromatic heterocycles. The predicted octanol–water partition coefficient (Wildman–Crippen LogP) is 2.88. The van der Waals surface area contributed by atoms with Gasteiger partial charge in [0, 0.05) is 32.6 Å². The fourth-order valence-electron chi connectivity index (χ4n) is 3.62. The molecule has 142 valence electrons. The van der Waals surface area contributed by atoms with E-state index in [0.29, 0.717) is 0 Å². The molecule has 2 bridgehead atoms. The van der Waals surface area contributed by atoms with Crippen molar-refractivity contribution in [1.29, 1.82) is 0 Å². The molecule has 0 N–H and O–H groups in total. The molecule has 0 heterocycles. The number of carbonyl (C=O) groups excluding carboxylic acids is 3. The summed E-state index contributed by atoms with van der Waals surface area (Å²) < 4.78 is 16.1. The molecule has 0 fully saturated rings. The lowest BCUT2D eigenvalue weighted by atomic mass is 9.82. The van der Waals surface area contributed by atoms with Crippen molar-refractivity contribution >= 4 is 17.9 Å². The number of hydrogen-bond donors (Lipinski definition) is 0. The van der Waals surface area contributed by atoms with E-state index in [2.05, 4.69) is 6.08 Å². The Hall–Kier alpha value is -2.37. The van der Waals surface area contributed by atoms with Crippen LogP contribution in [0.2, 0.25) is 0 Å². The van der Waals surface area contributed by atoms with Gasteiger partial charge in [0.05, 0.1) is 0 Å². The van der Waals surface area contributed by atoms with Gasteiger partial charge < -0.3 is 14.2 Å². The van der Waals surface area contributed by atoms with Gasteiger partial charge >= 0.3 is 17.9 Å². The second-order valence-electron chi connectivity index (χ2n) is 6.98. The van der Waals surface area contributed by atoms with Crippen LogP contribution in [0.25, 0.3) is 0 Å². The minimum absolute atomic E-state index is 0.0716. The molecule has 2 unspecified atom stereocenters. The maximum Gasteiger partial charge on any atom is 0.303 e. The summed E-state index contributed by atoms with van der Waals surface area (Å²) in [6.45, 7) is 8.32. The van der Waals surface area contributed by atoms with Gasteiger partial charge in [-0.2, -0.15) is 0 Å². The smallest absolute Gasteiger partial charge is 0.303 e. The minimum Gasteiger partial charge on any atom is -0.461 e. The number of allylic oxidation sites excluding steroid dienone is 2. The molecule has 0 saturated carbocycles. The van der Waals surface area contributed by atoms with Gasteiger partial charge in [0.1, 0.15) is 19.3 Å². The van der Waals surface area contributed by atoms with Crippen LogP contribution in [0.1, 0.15) is 41.0 Å². The van der Waals surface area contributed by atoms with Crippen LogP contribution in [0.15, 0.2) is 34.4 Å². The van der Waals surface area contributed by atoms with Gasteiger partial charge in [0.2, 0.25) is 0 Å². The third-order valence-corrected chi connectivity index (χ3v) is 4.51. The summed E-state index contributed by atoms with van der Waals surface area (Å²) in [5, 5.41) is 0. The third-order valence-electron chi connectivity index (χ3n) is 4.51. The predicted molar refractivity (Wildman–Crippen MR) is 95.0 cm³/mol. The first kappa shape index (κ1) is 19.9. The van der Waals surface area contributed by atoms with Crippen LogP contribution in [-0.2, 0) is 28.6 Å². The van der Waals surface area contributed by atoms with Crippen LogP contribution < -0.4 is 0 Å². The molecule has 26 heavy (non-hydrogen) atoms. The molecule has 2 aliphatic rings. The maximum absolute atomic E-state index is 11.6. The fraction of sp³-hybridized carbons (Fsp3) is 0.550. The molecule has 0 amide bonds. The second kappa shape index (κ2) is 8.34. The van der Waals surface area contributed by atoms with E-state index in [-0.39, 0.29) is 43.0 Å². The van der Waals surface area contributed by atoms with Gasteiger partial charge in [0.15, 0.2) is 0 Å². The molecule has 2 aliphatic carbocycles. The Morgan fingerprint density at radius 2 is 1.54 bits per heavy atom. The topological polar surface area (TPSA) is 78.9 Å². The van der Waals surface area contributed by atoms with Crippen molar-refractivity contribution in [2.45, 2.75) is 47.1 Å². The van der Waals surface area contributed by atoms with E-state index >= 15 is 0 Å². The Balaban J connectivity index is 2.41. The summed E-state index contributed by atoms with van der Waals surface area (Å²) in [5.41, 5.74) is 3.84. The van der Waals surface area contributed by atoms with Crippen LogP contribution in [0.4, 0.5) is 0 Å². The standard InChI is InChI=1S/C20H26O6/c1-11(2)6-16-7-15-8-17(20(16)26-14(5)23)19(10-25-13(4)22)18(15)9-24-12(3)21/h6-7,15,17,20H,8-10H2,1-5H3/t15?,17?,20-/m1/s1. The van der Waals surface area contributed by atoms with Crippen LogP contribution in [0.5, 0.6) is 0 Å². The number of hydrogen-bond acceptors (Lipinski definition) is 6. The van der Waals surface area contributed by atoms with Crippen molar-refractivity contribution < 1.29 is 28.6 Å². The lowest BCUT2D eigenvalue weighted by molar-refractivity contribution is -0.147. The highest BCUT2D eigenvalue weighted by molar-refractivity contribution is 5.68. The van der Waals surface area contributed by atoms with Crippen molar-refractivity contribution in [2.24, 2.45) is 11.8 Å². The first-order valence-electron chi connectivity index (χ1n) is 8.71. The summed E-state index contributed by atoms with van der Waals surface area (Å²) in [6, 6.07) is 0. The van der Waals surface area contributed by atoms with E-state index in [9.17, 15) is 14.4 Å². The summed E-state index contributed by atoms with van der Waals surface area (Å²) in [4.78, 5) is 34.2. The minimum atomic E-state index is -0.431. The number of rotatable bonds is 6. The van der Waals surface area contributed by atoms with E-state index in [1.54, 1.807) is 0 Å². The van der Waals surface area contributed by atoms with Gasteiger partial charge in [-0.05, 0) is 37.0 Å². The quantitative estimate of drug-likeness (QED) is 0.411. The lowest BCUT2D eigenvalue weighted by Crippen LogP contribution is -2.31. The van der Waals surface area contributed by atoms with E-state index in [4.69, 9.17) is 14.2 Å². The van der Waals surface area contributed by atoms with Crippen LogP contribution in [0.3, 0.4) is 0 Å². The molecule has 0 spiro atoms. The normalized spacial score (nSPS) is 23.9. The largest absolute Gasteiger partial charge is 0.461 e. The molecule has 3 atom stereocenters. The highest BCUT2D eigenvalue weighted by Gasteiger charge is 2.44. The van der Waals surface area contributed by atoms with Gasteiger partial charge in [-0.25, -0.2) is 0 Å². The lowest BCUT2D eigenvalue weighted by Gasteiger charge is -2.30. The Morgan fingerprint density at radius 3 is 2.04 bits per heavy atom. The van der Waals surface area contributed by atoms with Crippen molar-refractivity contribution in [3.63, 3.8) is 0 Å². The first-order valence-corrected chi connectivity index (χ1v) is 8.71. The molecule has 6 heteroatoms. The molecular formula is C20H26O6. The van der Waals surface area contributed by atoms with E-state index in [1.165, 1.54) is 20.8 Å². The van der Waals surface area contributed by atoms with Crippen LogP contribution in [-0.4, -0.2) is 37.2 Å². The van der Waals surface area contributed by atoms with Gasteiger partial charge in [-0.1, -0.05) is 17.7 Å². The fourth-order valence-corrected chi connectivity index (χ4v) is 3.62. The first-order chi connectivity index (χ1) is 12.2. The molecule has 0 aliphatic heterocycles. The number of carbonyl (C=O) groups is 3. The summed E-state index contributed by atoms with van der Waals surface area (Å²) in [7, 11) is 0. The molecule has 0 saturated heterocycles. The summed E-state index contributed by atoms with van der Waals surface area (Å²) in [5.74, 6) is -1.13. The van der Waals surface area contributed by atoms with Crippen LogP contribution in [0, 0.1) is 11.8 Å². The number of esters is 3. The maximum atomic E-state index is 11.6. The zero-order chi connectivity index (χ0) is 19.4. The van der Waals surface area contributed by atoms with Gasteiger partial charge in [-0.15, -0.1) is 0 Å². The highest BCUT2D eigenvalue weighted by atomic mass is 16.5. The molecule has 6 nitrogen and oxygen atoms in total. The van der Waals surface area contributed by atoms with E-state index < -0.39 is 6.10 Å². The van der Waals surface area contributed by atoms with Crippen molar-refractivity contribution in [2.75, 3.05) is 13.2 Å². The Kier molecular flexibility index (Phi) is 6.40. The van der Waals surface area contributed by atoms with E-state index in [1.807, 2.05) is 19.9 Å². The average molecular weight is 362 g/mol. The van der Waals surface area contributed by atoms with Gasteiger partial charge in [-0.3, -0.25) is 14.4 Å². The van der Waals surface area contributed by atoms with Crippen molar-refractivity contribution in [1.82, 2.24) is 0 Å². The van der Waals surface area contributed by atoms with E-state index in [0.717, 1.165) is 28.7 Å². The Bertz CT molecular complexity index is 693. The average Bonchev–Trinajstić information content (AvgIpc) is 2.79. The van der Waals surface area contributed by atoms with Crippen LogP contribution >= 0.6 is 0 Å². The van der Waals surface area contributed by atoms with Crippen molar-refractivity contribution in [3.8, 4) is 0 Å². The number of ether oxygens (including phenoxy) is 3. The Labute approximate surface area is 153 Å². The number of fused-ring (bicyclic) bond motifs is 2. The van der Waals surface area contributed by atoms with Crippen molar-refractivity contribution in [3.05, 3.63) is 34.4 Å². The highest BCUT2D eigenvalue weighted by Crippen LogP contribution is 2.47. The molecule has 0 aromatic rings. The summed E-state index contributed by atoms with van der Waals surface area (Å²) >= 11 is 0. The summed E-state index contributed by atoms with van der Waals surface area (Å²) in [6.07, 6.45) is 4.38. The SMILES string of the molecule is CC(=O)OCC1=C(COC(C)=O)C2CC1C=C(C=C(C)C)[C@H]2OC(C)=O. The molecule has 2 rings (SSSR count). The third kappa shape index (κ3) is 4.84. The zero-order valence-electron chi connectivity index (χ0n) is 16.0. The molecule has 0 radical (unpaired) electrons. The molecular weight excluding hydrogens is 336 g/mol. The molecule has 0 aromatic carbocycles.